The molecule has 0 aromatic heterocycles. The average molecular weight is 931 g/mol. The molecular weight excluding hydrogens is 841 g/mol. The Labute approximate surface area is 414 Å². The third kappa shape index (κ3) is 51.5. The van der Waals surface area contributed by atoms with Gasteiger partial charge in [-0.2, -0.15) is 0 Å². The van der Waals surface area contributed by atoms with E-state index in [0.717, 1.165) is 83.5 Å². The third-order valence-corrected chi connectivity index (χ3v) is 9.80. The Morgan fingerprint density at radius 3 is 1.18 bits per heavy atom. The summed E-state index contributed by atoms with van der Waals surface area (Å²) in [7, 11) is 0. The van der Waals surface area contributed by atoms with Gasteiger partial charge in [0.1, 0.15) is 13.2 Å². The van der Waals surface area contributed by atoms with Gasteiger partial charge in [-0.05, 0) is 109 Å². The summed E-state index contributed by atoms with van der Waals surface area (Å²) in [6.07, 6.45) is 81.7. The number of unbranched alkanes of at least 4 members (excludes halogenated alkanes) is 7. The van der Waals surface area contributed by atoms with Crippen molar-refractivity contribution in [1.29, 1.82) is 0 Å². The molecule has 0 spiro atoms. The fourth-order valence-corrected chi connectivity index (χ4v) is 5.98. The van der Waals surface area contributed by atoms with Crippen molar-refractivity contribution in [2.45, 2.75) is 175 Å². The molecule has 68 heavy (non-hydrogen) atoms. The topological polar surface area (TPSA) is 78.9 Å². The summed E-state index contributed by atoms with van der Waals surface area (Å²) in [5, 5.41) is 0. The van der Waals surface area contributed by atoms with Crippen LogP contribution in [0.2, 0.25) is 0 Å². The maximum atomic E-state index is 12.8. The van der Waals surface area contributed by atoms with Gasteiger partial charge in [-0.15, -0.1) is 0 Å². The molecule has 0 bridgehead atoms. The van der Waals surface area contributed by atoms with Crippen molar-refractivity contribution in [3.05, 3.63) is 182 Å². The number of carbonyl (C=O) groups is 3. The van der Waals surface area contributed by atoms with Gasteiger partial charge in [0, 0.05) is 19.3 Å². The van der Waals surface area contributed by atoms with Gasteiger partial charge in [-0.1, -0.05) is 222 Å². The van der Waals surface area contributed by atoms with Gasteiger partial charge in [0.2, 0.25) is 0 Å². The van der Waals surface area contributed by atoms with Crippen LogP contribution < -0.4 is 0 Å². The first-order valence-corrected chi connectivity index (χ1v) is 25.9. The lowest BCUT2D eigenvalue weighted by Crippen LogP contribution is -2.30. The van der Waals surface area contributed by atoms with Crippen molar-refractivity contribution in [2.24, 2.45) is 0 Å². The number of hydrogen-bond donors (Lipinski definition) is 0. The van der Waals surface area contributed by atoms with Crippen LogP contribution in [0, 0.1) is 0 Å². The van der Waals surface area contributed by atoms with Crippen LogP contribution in [0.25, 0.3) is 0 Å². The molecule has 0 fully saturated rings. The summed E-state index contributed by atoms with van der Waals surface area (Å²) in [6.45, 7) is 6.16. The van der Waals surface area contributed by atoms with Crippen LogP contribution in [-0.2, 0) is 28.6 Å². The van der Waals surface area contributed by atoms with E-state index in [2.05, 4.69) is 130 Å². The molecule has 374 valence electrons. The maximum absolute atomic E-state index is 12.8. The summed E-state index contributed by atoms with van der Waals surface area (Å²) >= 11 is 0. The third-order valence-electron chi connectivity index (χ3n) is 9.80. The zero-order valence-electron chi connectivity index (χ0n) is 42.5. The highest BCUT2D eigenvalue weighted by Crippen LogP contribution is 2.09. The van der Waals surface area contributed by atoms with Gasteiger partial charge in [0.05, 0.1) is 0 Å². The predicted octanol–water partition coefficient (Wildman–Crippen LogP) is 17.4. The second-order valence-electron chi connectivity index (χ2n) is 16.1. The van der Waals surface area contributed by atoms with E-state index in [4.69, 9.17) is 14.2 Å². The van der Waals surface area contributed by atoms with Crippen molar-refractivity contribution >= 4 is 17.9 Å². The normalized spacial score (nSPS) is 13.6. The van der Waals surface area contributed by atoms with E-state index in [0.29, 0.717) is 19.3 Å². The second-order valence-corrected chi connectivity index (χ2v) is 16.1. The Morgan fingerprint density at radius 1 is 0.324 bits per heavy atom. The molecule has 0 aliphatic carbocycles. The minimum atomic E-state index is -0.866. The van der Waals surface area contributed by atoms with Crippen LogP contribution >= 0.6 is 0 Å². The van der Waals surface area contributed by atoms with Crippen LogP contribution in [0.3, 0.4) is 0 Å². The molecule has 0 saturated heterocycles. The van der Waals surface area contributed by atoms with Crippen LogP contribution in [0.5, 0.6) is 0 Å². The number of hydrogen-bond acceptors (Lipinski definition) is 6. The second kappa shape index (κ2) is 54.1. The Kier molecular flexibility index (Phi) is 49.7. The fourth-order valence-electron chi connectivity index (χ4n) is 5.98. The van der Waals surface area contributed by atoms with Gasteiger partial charge < -0.3 is 14.2 Å². The molecule has 0 aliphatic heterocycles. The van der Waals surface area contributed by atoms with E-state index in [9.17, 15) is 14.4 Å². The summed E-state index contributed by atoms with van der Waals surface area (Å²) < 4.78 is 16.6. The highest BCUT2D eigenvalue weighted by atomic mass is 16.6. The lowest BCUT2D eigenvalue weighted by atomic mass is 10.1. The van der Waals surface area contributed by atoms with Crippen molar-refractivity contribution < 1.29 is 28.6 Å². The van der Waals surface area contributed by atoms with Gasteiger partial charge in [-0.3, -0.25) is 14.4 Å². The predicted molar refractivity (Wildman–Crippen MR) is 292 cm³/mol. The summed E-state index contributed by atoms with van der Waals surface area (Å²) in [6, 6.07) is 0. The summed E-state index contributed by atoms with van der Waals surface area (Å²) in [5.74, 6) is -1.16. The number of carbonyl (C=O) groups excluding carboxylic acids is 3. The molecule has 0 aliphatic rings. The van der Waals surface area contributed by atoms with Crippen LogP contribution in [0.4, 0.5) is 0 Å². The lowest BCUT2D eigenvalue weighted by Gasteiger charge is -2.18. The minimum absolute atomic E-state index is 0.157. The van der Waals surface area contributed by atoms with Crippen LogP contribution in [-0.4, -0.2) is 37.2 Å². The lowest BCUT2D eigenvalue weighted by molar-refractivity contribution is -0.166. The quantitative estimate of drug-likeness (QED) is 0.0199. The van der Waals surface area contributed by atoms with Crippen molar-refractivity contribution in [1.82, 2.24) is 0 Å². The summed E-state index contributed by atoms with van der Waals surface area (Å²) in [4.78, 5) is 38.0. The highest BCUT2D eigenvalue weighted by molar-refractivity contribution is 5.71. The molecule has 0 amide bonds. The average Bonchev–Trinajstić information content (AvgIpc) is 3.34. The Hall–Kier alpha value is -5.49. The number of esters is 3. The Morgan fingerprint density at radius 2 is 0.691 bits per heavy atom. The van der Waals surface area contributed by atoms with Gasteiger partial charge in [0.15, 0.2) is 6.10 Å². The van der Waals surface area contributed by atoms with Crippen LogP contribution in [0.1, 0.15) is 168 Å². The van der Waals surface area contributed by atoms with Crippen molar-refractivity contribution in [2.75, 3.05) is 13.2 Å². The molecular formula is C62H90O6. The van der Waals surface area contributed by atoms with E-state index < -0.39 is 18.0 Å². The van der Waals surface area contributed by atoms with E-state index in [-0.39, 0.29) is 38.4 Å². The molecule has 0 saturated carbocycles. The molecule has 0 heterocycles. The van der Waals surface area contributed by atoms with E-state index >= 15 is 0 Å². The first-order chi connectivity index (χ1) is 33.5. The van der Waals surface area contributed by atoms with Crippen molar-refractivity contribution in [3.63, 3.8) is 0 Å². The Balaban J connectivity index is 4.73. The standard InChI is InChI=1S/C62H90O6/c1-4-7-10-13-16-19-22-25-28-31-34-37-40-43-46-49-52-55-61(64)67-58-59(57-66-60(63)54-51-48-45-42-39-36-33-30-27-24-21-18-15-12-9-6-3)68-62(65)56-53-50-47-44-41-38-35-32-29-26-23-20-17-14-11-8-5-2/h7,9-10,12-13,16-22,25-31,34-40,44-45,47-48,59H,4-6,8,11,14-15,23-24,32-33,41-43,46,49-58H2,1-3H3/b10-7-,12-9-,16-13-,20-17-,21-18-,22-19-,28-25-,29-26-,30-27-,34-31+,38-35-,39-36-,40-37-,47-44-,48-45-. The van der Waals surface area contributed by atoms with Gasteiger partial charge in [0.25, 0.3) is 0 Å². The Bertz CT molecular complexity index is 1680. The van der Waals surface area contributed by atoms with Gasteiger partial charge in [-0.25, -0.2) is 0 Å². The molecule has 1 atom stereocenters. The van der Waals surface area contributed by atoms with Gasteiger partial charge >= 0.3 is 17.9 Å². The minimum Gasteiger partial charge on any atom is -0.462 e. The monoisotopic (exact) mass is 931 g/mol. The fraction of sp³-hybridized carbons (Fsp3) is 0.468. The molecule has 6 heteroatoms. The van der Waals surface area contributed by atoms with E-state index in [1.54, 1.807) is 0 Å². The molecule has 0 N–H and O–H groups in total. The number of rotatable bonds is 43. The molecule has 1 unspecified atom stereocenters. The highest BCUT2D eigenvalue weighted by Gasteiger charge is 2.19. The smallest absolute Gasteiger partial charge is 0.306 e. The zero-order valence-corrected chi connectivity index (χ0v) is 42.5. The first-order valence-electron chi connectivity index (χ1n) is 25.9. The molecule has 0 rings (SSSR count). The molecule has 0 aromatic rings. The van der Waals surface area contributed by atoms with E-state index in [1.807, 2.05) is 72.9 Å². The van der Waals surface area contributed by atoms with Crippen molar-refractivity contribution in [3.8, 4) is 0 Å². The largest absolute Gasteiger partial charge is 0.462 e. The zero-order chi connectivity index (χ0) is 49.3. The number of allylic oxidation sites excluding steroid dienone is 30. The number of ether oxygens (including phenoxy) is 3. The van der Waals surface area contributed by atoms with Crippen LogP contribution in [0.15, 0.2) is 182 Å². The maximum Gasteiger partial charge on any atom is 0.306 e. The summed E-state index contributed by atoms with van der Waals surface area (Å²) in [5.41, 5.74) is 0. The SMILES string of the molecule is CC\C=C/C=C\C=C/C=C\C=C\C=C/CCCCCC(=O)OCC(COC(=O)CC/C=C\C/C=C\C/C=C\C/C=C\C/C=C\CC)OC(=O)CCC/C=C\C/C=C\C/C=C\C/C=C\CCCCC. The molecule has 0 aromatic carbocycles. The van der Waals surface area contributed by atoms with E-state index in [1.165, 1.54) is 25.7 Å². The first kappa shape index (κ1) is 62.5. The molecule has 0 radical (unpaired) electrons. The molecule has 6 nitrogen and oxygen atoms in total.